The van der Waals surface area contributed by atoms with E-state index >= 15 is 0 Å². The first-order valence-corrected chi connectivity index (χ1v) is 8.12. The molecule has 0 spiro atoms. The molecule has 0 bridgehead atoms. The Labute approximate surface area is 124 Å². The molecule has 0 aliphatic heterocycles. The lowest BCUT2D eigenvalue weighted by atomic mass is 9.97. The van der Waals surface area contributed by atoms with Crippen LogP contribution in [0.2, 0.25) is 0 Å². The van der Waals surface area contributed by atoms with Crippen LogP contribution in [0.4, 0.5) is 5.69 Å². The summed E-state index contributed by atoms with van der Waals surface area (Å²) in [6, 6.07) is 0. The number of ketones is 1. The van der Waals surface area contributed by atoms with E-state index in [0.717, 1.165) is 5.69 Å². The SMILES string of the molecule is CC(=O)C1C=CC(S(=O)(=O)Nc2c(C)nn(C)c2C)=CC1. The Hall–Kier alpha value is -1.89. The third-order valence-electron chi connectivity index (χ3n) is 3.64. The maximum absolute atomic E-state index is 12.4. The Bertz CT molecular complexity index is 742. The summed E-state index contributed by atoms with van der Waals surface area (Å²) in [6.45, 7) is 5.05. The first-order chi connectivity index (χ1) is 9.72. The molecule has 1 aliphatic carbocycles. The molecule has 0 saturated heterocycles. The van der Waals surface area contributed by atoms with Gasteiger partial charge in [0.1, 0.15) is 5.78 Å². The highest BCUT2D eigenvalue weighted by molar-refractivity contribution is 7.96. The molecule has 0 fully saturated rings. The second-order valence-corrected chi connectivity index (χ2v) is 6.88. The molecule has 0 aromatic carbocycles. The van der Waals surface area contributed by atoms with Crippen LogP contribution in [0.5, 0.6) is 0 Å². The van der Waals surface area contributed by atoms with Crippen molar-refractivity contribution < 1.29 is 13.2 Å². The summed E-state index contributed by atoms with van der Waals surface area (Å²) >= 11 is 0. The molecule has 1 N–H and O–H groups in total. The van der Waals surface area contributed by atoms with Crippen molar-refractivity contribution in [3.63, 3.8) is 0 Å². The number of Topliss-reactive ketones (excluding diaryl/α,β-unsaturated/α-hetero) is 1. The highest BCUT2D eigenvalue weighted by atomic mass is 32.2. The van der Waals surface area contributed by atoms with Crippen molar-refractivity contribution in [2.75, 3.05) is 4.72 Å². The molecule has 1 atom stereocenters. The fraction of sp³-hybridized carbons (Fsp3) is 0.429. The van der Waals surface area contributed by atoms with Gasteiger partial charge in [-0.2, -0.15) is 5.10 Å². The molecule has 114 valence electrons. The lowest BCUT2D eigenvalue weighted by molar-refractivity contribution is -0.119. The smallest absolute Gasteiger partial charge is 0.261 e. The molecule has 0 amide bonds. The predicted molar refractivity (Wildman–Crippen MR) is 81.2 cm³/mol. The largest absolute Gasteiger partial charge is 0.299 e. The lowest BCUT2D eigenvalue weighted by Crippen LogP contribution is -2.18. The van der Waals surface area contributed by atoms with E-state index in [4.69, 9.17) is 0 Å². The van der Waals surface area contributed by atoms with E-state index in [9.17, 15) is 13.2 Å². The summed E-state index contributed by atoms with van der Waals surface area (Å²) in [5.41, 5.74) is 1.87. The van der Waals surface area contributed by atoms with Crippen LogP contribution >= 0.6 is 0 Å². The zero-order chi connectivity index (χ0) is 15.8. The van der Waals surface area contributed by atoms with Gasteiger partial charge in [0, 0.05) is 13.0 Å². The minimum Gasteiger partial charge on any atom is -0.299 e. The summed E-state index contributed by atoms with van der Waals surface area (Å²) in [4.78, 5) is 11.5. The Kier molecular flexibility index (Phi) is 4.04. The second kappa shape index (κ2) is 5.48. The Morgan fingerprint density at radius 2 is 2.10 bits per heavy atom. The van der Waals surface area contributed by atoms with Crippen molar-refractivity contribution in [2.45, 2.75) is 27.2 Å². The van der Waals surface area contributed by atoms with Crippen LogP contribution in [0.1, 0.15) is 24.7 Å². The van der Waals surface area contributed by atoms with Crippen LogP contribution in [-0.4, -0.2) is 24.0 Å². The molecule has 1 heterocycles. The number of nitrogens with one attached hydrogen (secondary N) is 1. The van der Waals surface area contributed by atoms with Gasteiger partial charge in [-0.3, -0.25) is 14.2 Å². The van der Waals surface area contributed by atoms with Crippen LogP contribution in [0.3, 0.4) is 0 Å². The van der Waals surface area contributed by atoms with E-state index in [1.54, 1.807) is 37.7 Å². The van der Waals surface area contributed by atoms with Crippen molar-refractivity contribution in [3.8, 4) is 0 Å². The summed E-state index contributed by atoms with van der Waals surface area (Å²) < 4.78 is 29.0. The number of allylic oxidation sites excluding steroid dienone is 3. The number of anilines is 1. The zero-order valence-electron chi connectivity index (χ0n) is 12.5. The molecule has 0 radical (unpaired) electrons. The van der Waals surface area contributed by atoms with Crippen molar-refractivity contribution in [3.05, 3.63) is 34.5 Å². The van der Waals surface area contributed by atoms with E-state index in [1.165, 1.54) is 13.0 Å². The van der Waals surface area contributed by atoms with Gasteiger partial charge in [0.05, 0.1) is 22.0 Å². The van der Waals surface area contributed by atoms with Gasteiger partial charge >= 0.3 is 0 Å². The first kappa shape index (κ1) is 15.5. The number of rotatable bonds is 4. The average Bonchev–Trinajstić information content (AvgIpc) is 2.65. The number of carbonyl (C=O) groups is 1. The van der Waals surface area contributed by atoms with E-state index in [2.05, 4.69) is 9.82 Å². The number of hydrogen-bond acceptors (Lipinski definition) is 4. The normalized spacial score (nSPS) is 18.5. The molecule has 6 nitrogen and oxygen atoms in total. The molecular weight excluding hydrogens is 290 g/mol. The van der Waals surface area contributed by atoms with Gasteiger partial charge in [0.15, 0.2) is 0 Å². The van der Waals surface area contributed by atoms with Crippen molar-refractivity contribution >= 4 is 21.5 Å². The minimum atomic E-state index is -3.66. The summed E-state index contributed by atoms with van der Waals surface area (Å²) in [5, 5.41) is 4.18. The van der Waals surface area contributed by atoms with Gasteiger partial charge in [0.25, 0.3) is 10.0 Å². The number of aromatic nitrogens is 2. The van der Waals surface area contributed by atoms with Crippen LogP contribution < -0.4 is 4.72 Å². The molecule has 1 aromatic heterocycles. The van der Waals surface area contributed by atoms with Crippen molar-refractivity contribution in [1.82, 2.24) is 9.78 Å². The molecule has 0 saturated carbocycles. The molecule has 1 aliphatic rings. The third kappa shape index (κ3) is 3.07. The predicted octanol–water partition coefficient (Wildman–Crippen LogP) is 1.83. The molecule has 7 heteroatoms. The fourth-order valence-electron chi connectivity index (χ4n) is 2.22. The monoisotopic (exact) mass is 309 g/mol. The van der Waals surface area contributed by atoms with Gasteiger partial charge in [-0.25, -0.2) is 8.42 Å². The van der Waals surface area contributed by atoms with Crippen molar-refractivity contribution in [2.24, 2.45) is 13.0 Å². The maximum Gasteiger partial charge on any atom is 0.261 e. The Morgan fingerprint density at radius 1 is 1.43 bits per heavy atom. The second-order valence-electron chi connectivity index (χ2n) is 5.19. The fourth-order valence-corrected chi connectivity index (χ4v) is 3.47. The van der Waals surface area contributed by atoms with Gasteiger partial charge in [0.2, 0.25) is 0 Å². The number of sulfonamides is 1. The number of nitrogens with zero attached hydrogens (tertiary/aromatic N) is 2. The maximum atomic E-state index is 12.4. The summed E-state index contributed by atoms with van der Waals surface area (Å²) in [7, 11) is -1.90. The van der Waals surface area contributed by atoms with E-state index in [1.807, 2.05) is 0 Å². The van der Waals surface area contributed by atoms with Gasteiger partial charge in [-0.15, -0.1) is 0 Å². The number of carbonyl (C=O) groups excluding carboxylic acids is 1. The first-order valence-electron chi connectivity index (χ1n) is 6.64. The minimum absolute atomic E-state index is 0.0332. The lowest BCUT2D eigenvalue weighted by Gasteiger charge is -2.15. The molecular formula is C14H19N3O3S. The summed E-state index contributed by atoms with van der Waals surface area (Å²) in [6.07, 6.45) is 5.11. The van der Waals surface area contributed by atoms with Crippen LogP contribution in [0.15, 0.2) is 23.1 Å². The Balaban J connectivity index is 2.25. The third-order valence-corrected chi connectivity index (χ3v) is 5.04. The van der Waals surface area contributed by atoms with Gasteiger partial charge < -0.3 is 0 Å². The van der Waals surface area contributed by atoms with E-state index in [0.29, 0.717) is 17.8 Å². The molecule has 1 unspecified atom stereocenters. The van der Waals surface area contributed by atoms with Crippen LogP contribution in [0, 0.1) is 19.8 Å². The number of hydrogen-bond donors (Lipinski definition) is 1. The van der Waals surface area contributed by atoms with Gasteiger partial charge in [-0.05, 0) is 33.3 Å². The standard InChI is InChI=1S/C14H19N3O3S/c1-9-14(10(2)17(4)15-9)16-21(19,20)13-7-5-12(6-8-13)11(3)18/h5,7-8,12,16H,6H2,1-4H3. The molecule has 2 rings (SSSR count). The zero-order valence-corrected chi connectivity index (χ0v) is 13.4. The molecule has 21 heavy (non-hydrogen) atoms. The van der Waals surface area contributed by atoms with E-state index in [-0.39, 0.29) is 16.6 Å². The average molecular weight is 309 g/mol. The highest BCUT2D eigenvalue weighted by Crippen LogP contribution is 2.25. The molecule has 1 aromatic rings. The van der Waals surface area contributed by atoms with E-state index < -0.39 is 10.0 Å². The van der Waals surface area contributed by atoms with Crippen molar-refractivity contribution in [1.29, 1.82) is 0 Å². The highest BCUT2D eigenvalue weighted by Gasteiger charge is 2.23. The van der Waals surface area contributed by atoms with Crippen LogP contribution in [-0.2, 0) is 21.9 Å². The van der Waals surface area contributed by atoms with Crippen LogP contribution in [0.25, 0.3) is 0 Å². The van der Waals surface area contributed by atoms with Gasteiger partial charge in [-0.1, -0.05) is 12.2 Å². The quantitative estimate of drug-likeness (QED) is 0.920. The number of aryl methyl sites for hydroxylation is 2. The summed E-state index contributed by atoms with van der Waals surface area (Å²) in [5.74, 6) is -0.198. The Morgan fingerprint density at radius 3 is 2.52 bits per heavy atom. The topological polar surface area (TPSA) is 81.1 Å².